The maximum Gasteiger partial charge on any atom is 0.0929 e. The average Bonchev–Trinajstić information content (AvgIpc) is 2.59. The smallest absolute Gasteiger partial charge is 0.0929 e. The monoisotopic (exact) mass is 313 g/mol. The van der Waals surface area contributed by atoms with Crippen LogP contribution >= 0.6 is 0 Å². The van der Waals surface area contributed by atoms with Crippen LogP contribution in [-0.2, 0) is 6.54 Å². The molecule has 122 valence electrons. The largest absolute Gasteiger partial charge is 0.396 e. The normalized spacial score (nSPS) is 25.4. The van der Waals surface area contributed by atoms with E-state index in [0.29, 0.717) is 19.6 Å². The zero-order valence-electron chi connectivity index (χ0n) is 13.0. The Morgan fingerprint density at radius 2 is 1.52 bits per heavy atom. The topological polar surface area (TPSA) is 63.9 Å². The van der Waals surface area contributed by atoms with Crippen LogP contribution in [0.15, 0.2) is 54.6 Å². The van der Waals surface area contributed by atoms with E-state index in [1.54, 1.807) is 0 Å². The summed E-state index contributed by atoms with van der Waals surface area (Å²) in [6.07, 6.45) is -1.64. The number of β-amino-alcohol motifs (C(OH)–C–C–N with tert-alkyl or cyclic N) is 1. The zero-order valence-corrected chi connectivity index (χ0v) is 13.0. The Balaban J connectivity index is 1.67. The molecule has 1 heterocycles. The molecule has 0 bridgehead atoms. The number of hydrogen-bond donors (Lipinski definition) is 3. The summed E-state index contributed by atoms with van der Waals surface area (Å²) in [5.41, 5.74) is 3.53. The minimum Gasteiger partial charge on any atom is -0.396 e. The summed E-state index contributed by atoms with van der Waals surface area (Å²) in [6.45, 7) is 1.62. The third-order valence-electron chi connectivity index (χ3n) is 4.52. The van der Waals surface area contributed by atoms with Crippen LogP contribution in [0.3, 0.4) is 0 Å². The fraction of sp³-hybridized carbons (Fsp3) is 0.368. The first-order valence-electron chi connectivity index (χ1n) is 8.01. The Kier molecular flexibility index (Phi) is 5.08. The fourth-order valence-electron chi connectivity index (χ4n) is 3.19. The van der Waals surface area contributed by atoms with Crippen molar-refractivity contribution >= 4 is 0 Å². The summed E-state index contributed by atoms with van der Waals surface area (Å²) in [5.74, 6) is -0.289. The highest BCUT2D eigenvalue weighted by Gasteiger charge is 2.33. The second-order valence-corrected chi connectivity index (χ2v) is 6.26. The first-order valence-corrected chi connectivity index (χ1v) is 8.01. The third kappa shape index (κ3) is 3.79. The molecule has 2 aromatic carbocycles. The number of benzene rings is 2. The summed E-state index contributed by atoms with van der Waals surface area (Å²) >= 11 is 0. The van der Waals surface area contributed by atoms with Crippen molar-refractivity contribution in [2.24, 2.45) is 5.92 Å². The molecule has 0 radical (unpaired) electrons. The van der Waals surface area contributed by atoms with Crippen molar-refractivity contribution in [3.8, 4) is 11.1 Å². The number of hydrogen-bond acceptors (Lipinski definition) is 4. The van der Waals surface area contributed by atoms with Gasteiger partial charge in [0.15, 0.2) is 0 Å². The van der Waals surface area contributed by atoms with Gasteiger partial charge in [0.2, 0.25) is 0 Å². The van der Waals surface area contributed by atoms with E-state index in [0.717, 1.165) is 5.56 Å². The molecule has 1 saturated heterocycles. The molecule has 4 heteroatoms. The number of likely N-dealkylation sites (tertiary alicyclic amines) is 1. The maximum atomic E-state index is 9.92. The number of piperidine rings is 1. The van der Waals surface area contributed by atoms with E-state index in [9.17, 15) is 15.3 Å². The van der Waals surface area contributed by atoms with Crippen molar-refractivity contribution < 1.29 is 15.3 Å². The molecule has 1 fully saturated rings. The molecule has 23 heavy (non-hydrogen) atoms. The van der Waals surface area contributed by atoms with E-state index >= 15 is 0 Å². The molecule has 0 aliphatic carbocycles. The molecule has 3 atom stereocenters. The summed E-state index contributed by atoms with van der Waals surface area (Å²) in [4.78, 5) is 2.08. The van der Waals surface area contributed by atoms with E-state index in [4.69, 9.17) is 0 Å². The van der Waals surface area contributed by atoms with Gasteiger partial charge >= 0.3 is 0 Å². The predicted octanol–water partition coefficient (Wildman–Crippen LogP) is 1.50. The molecule has 0 saturated carbocycles. The maximum absolute atomic E-state index is 9.92. The molecule has 0 amide bonds. The molecule has 3 unspecified atom stereocenters. The highest BCUT2D eigenvalue weighted by atomic mass is 16.3. The van der Waals surface area contributed by atoms with Gasteiger partial charge in [0, 0.05) is 32.2 Å². The molecule has 3 N–H and O–H groups in total. The van der Waals surface area contributed by atoms with Gasteiger partial charge in [-0.3, -0.25) is 4.90 Å². The van der Waals surface area contributed by atoms with Gasteiger partial charge < -0.3 is 15.3 Å². The van der Waals surface area contributed by atoms with Crippen LogP contribution in [0.25, 0.3) is 11.1 Å². The SMILES string of the molecule is OCC1CN(Cc2ccc(-c3ccccc3)cc2)CC(O)C1O. The van der Waals surface area contributed by atoms with Crippen LogP contribution in [0.1, 0.15) is 5.56 Å². The number of nitrogens with zero attached hydrogens (tertiary/aromatic N) is 1. The van der Waals surface area contributed by atoms with Crippen LogP contribution < -0.4 is 0 Å². The average molecular weight is 313 g/mol. The van der Waals surface area contributed by atoms with E-state index in [1.165, 1.54) is 11.1 Å². The van der Waals surface area contributed by atoms with Crippen LogP contribution in [0.2, 0.25) is 0 Å². The van der Waals surface area contributed by atoms with Gasteiger partial charge in [-0.15, -0.1) is 0 Å². The lowest BCUT2D eigenvalue weighted by molar-refractivity contribution is -0.0879. The molecule has 2 aromatic rings. The predicted molar refractivity (Wildman–Crippen MR) is 89.7 cm³/mol. The van der Waals surface area contributed by atoms with Gasteiger partial charge in [0.05, 0.1) is 12.2 Å². The first-order chi connectivity index (χ1) is 11.2. The highest BCUT2D eigenvalue weighted by molar-refractivity contribution is 5.63. The highest BCUT2D eigenvalue weighted by Crippen LogP contribution is 2.22. The summed E-state index contributed by atoms with van der Waals surface area (Å²) in [7, 11) is 0. The Morgan fingerprint density at radius 3 is 2.17 bits per heavy atom. The molecular weight excluding hydrogens is 290 g/mol. The van der Waals surface area contributed by atoms with Gasteiger partial charge in [-0.2, -0.15) is 0 Å². The molecule has 0 aromatic heterocycles. The zero-order chi connectivity index (χ0) is 16.2. The van der Waals surface area contributed by atoms with Gasteiger partial charge in [0.1, 0.15) is 0 Å². The van der Waals surface area contributed by atoms with Gasteiger partial charge in [-0.25, -0.2) is 0 Å². The van der Waals surface area contributed by atoms with E-state index in [2.05, 4.69) is 41.3 Å². The lowest BCUT2D eigenvalue weighted by Crippen LogP contribution is -2.53. The van der Waals surface area contributed by atoms with Crippen LogP contribution in [0.4, 0.5) is 0 Å². The van der Waals surface area contributed by atoms with Gasteiger partial charge in [-0.1, -0.05) is 54.6 Å². The van der Waals surface area contributed by atoms with Crippen LogP contribution in [0.5, 0.6) is 0 Å². The van der Waals surface area contributed by atoms with Crippen LogP contribution in [-0.4, -0.2) is 52.1 Å². The van der Waals surface area contributed by atoms with Gasteiger partial charge in [0.25, 0.3) is 0 Å². The quantitative estimate of drug-likeness (QED) is 0.800. The number of rotatable bonds is 4. The Morgan fingerprint density at radius 1 is 0.870 bits per heavy atom. The molecule has 1 aliphatic rings. The molecular formula is C19H23NO3. The van der Waals surface area contributed by atoms with Crippen molar-refractivity contribution in [2.45, 2.75) is 18.8 Å². The van der Waals surface area contributed by atoms with Crippen molar-refractivity contribution in [2.75, 3.05) is 19.7 Å². The number of aliphatic hydroxyl groups is 3. The van der Waals surface area contributed by atoms with Crippen LogP contribution in [0, 0.1) is 5.92 Å². The van der Waals surface area contributed by atoms with Gasteiger partial charge in [-0.05, 0) is 16.7 Å². The van der Waals surface area contributed by atoms with Crippen molar-refractivity contribution in [1.29, 1.82) is 0 Å². The lowest BCUT2D eigenvalue weighted by atomic mass is 9.93. The standard InChI is InChI=1S/C19H23NO3/c21-13-17-11-20(12-18(22)19(17)23)10-14-6-8-16(9-7-14)15-4-2-1-3-5-15/h1-9,17-19,21-23H,10-13H2. The van der Waals surface area contributed by atoms with Crippen molar-refractivity contribution in [3.63, 3.8) is 0 Å². The lowest BCUT2D eigenvalue weighted by Gasteiger charge is -2.38. The molecule has 0 spiro atoms. The second kappa shape index (κ2) is 7.23. The Labute approximate surface area is 136 Å². The molecule has 1 aliphatic heterocycles. The van der Waals surface area contributed by atoms with Crippen molar-refractivity contribution in [3.05, 3.63) is 60.2 Å². The minimum absolute atomic E-state index is 0.109. The number of aliphatic hydroxyl groups excluding tert-OH is 3. The first kappa shape index (κ1) is 16.1. The molecule has 3 rings (SSSR count). The summed E-state index contributed by atoms with van der Waals surface area (Å²) < 4.78 is 0. The third-order valence-corrected chi connectivity index (χ3v) is 4.52. The second-order valence-electron chi connectivity index (χ2n) is 6.26. The van der Waals surface area contributed by atoms with E-state index < -0.39 is 12.2 Å². The molecule has 4 nitrogen and oxygen atoms in total. The summed E-state index contributed by atoms with van der Waals surface area (Å²) in [5, 5.41) is 29.1. The Bertz CT molecular complexity index is 614. The van der Waals surface area contributed by atoms with Crippen molar-refractivity contribution in [1.82, 2.24) is 4.90 Å². The fourth-order valence-corrected chi connectivity index (χ4v) is 3.19. The van der Waals surface area contributed by atoms with E-state index in [-0.39, 0.29) is 12.5 Å². The Hall–Kier alpha value is -1.72. The summed E-state index contributed by atoms with van der Waals surface area (Å²) in [6, 6.07) is 18.6. The minimum atomic E-state index is -0.836. The van der Waals surface area contributed by atoms with E-state index in [1.807, 2.05) is 18.2 Å².